The molecule has 80 valence electrons. The molecule has 6 heteroatoms. The molecule has 4 N–H and O–H groups in total. The monoisotopic (exact) mass is 202 g/mol. The Balaban J connectivity index is 4.09. The summed E-state index contributed by atoms with van der Waals surface area (Å²) in [7, 11) is 0. The molecule has 0 aliphatic carbocycles. The highest BCUT2D eigenvalue weighted by Crippen LogP contribution is 1.97. The Morgan fingerprint density at radius 2 is 2.00 bits per heavy atom. The molecule has 2 amide bonds. The van der Waals surface area contributed by atoms with Crippen molar-refractivity contribution in [2.75, 3.05) is 0 Å². The average Bonchev–Trinajstić information content (AvgIpc) is 2.10. The second-order valence-electron chi connectivity index (χ2n) is 2.82. The van der Waals surface area contributed by atoms with Gasteiger partial charge in [-0.1, -0.05) is 6.92 Å². The maximum absolute atomic E-state index is 10.9. The van der Waals surface area contributed by atoms with Crippen LogP contribution in [-0.4, -0.2) is 28.9 Å². The number of carboxylic acids is 1. The fourth-order valence-electron chi connectivity index (χ4n) is 0.840. The fraction of sp³-hybridized carbons (Fsp3) is 0.625. The van der Waals surface area contributed by atoms with Gasteiger partial charge in [-0.25, -0.2) is 4.79 Å². The van der Waals surface area contributed by atoms with Crippen molar-refractivity contribution < 1.29 is 19.5 Å². The van der Waals surface area contributed by atoms with Crippen LogP contribution in [0.5, 0.6) is 0 Å². The van der Waals surface area contributed by atoms with Gasteiger partial charge < -0.3 is 16.2 Å². The first-order chi connectivity index (χ1) is 6.47. The van der Waals surface area contributed by atoms with Gasteiger partial charge in [0.25, 0.3) is 0 Å². The molecule has 0 saturated heterocycles. The number of nitrogens with one attached hydrogen (secondary N) is 1. The number of hydrogen-bond donors (Lipinski definition) is 3. The zero-order chi connectivity index (χ0) is 11.1. The lowest BCUT2D eigenvalue weighted by atomic mass is 10.1. The highest BCUT2D eigenvalue weighted by atomic mass is 16.4. The molecule has 0 saturated carbocycles. The van der Waals surface area contributed by atoms with E-state index in [0.717, 1.165) is 0 Å². The number of rotatable bonds is 6. The zero-order valence-electron chi connectivity index (χ0n) is 7.95. The predicted molar refractivity (Wildman–Crippen MR) is 48.3 cm³/mol. The Morgan fingerprint density at radius 1 is 1.43 bits per heavy atom. The molecule has 0 fully saturated rings. The summed E-state index contributed by atoms with van der Waals surface area (Å²) < 4.78 is 0. The first-order valence-corrected chi connectivity index (χ1v) is 4.27. The summed E-state index contributed by atoms with van der Waals surface area (Å²) in [6.45, 7) is 1.61. The number of primary amides is 1. The van der Waals surface area contributed by atoms with Crippen LogP contribution in [0.15, 0.2) is 0 Å². The molecule has 1 atom stereocenters. The van der Waals surface area contributed by atoms with Gasteiger partial charge in [0.1, 0.15) is 6.04 Å². The minimum Gasteiger partial charge on any atom is -0.480 e. The average molecular weight is 202 g/mol. The molecular formula is C8H14N2O4. The highest BCUT2D eigenvalue weighted by Gasteiger charge is 2.19. The van der Waals surface area contributed by atoms with Gasteiger partial charge in [-0.3, -0.25) is 9.59 Å². The van der Waals surface area contributed by atoms with E-state index in [2.05, 4.69) is 5.32 Å². The SMILES string of the molecule is CCC(=O)N[C@@H](CCC(N)=O)C(=O)O. The van der Waals surface area contributed by atoms with Gasteiger partial charge in [0.2, 0.25) is 11.8 Å². The smallest absolute Gasteiger partial charge is 0.326 e. The van der Waals surface area contributed by atoms with E-state index in [1.54, 1.807) is 6.92 Å². The van der Waals surface area contributed by atoms with E-state index in [-0.39, 0.29) is 25.2 Å². The van der Waals surface area contributed by atoms with Crippen LogP contribution in [0.1, 0.15) is 26.2 Å². The maximum atomic E-state index is 10.9. The van der Waals surface area contributed by atoms with E-state index in [1.165, 1.54) is 0 Å². The van der Waals surface area contributed by atoms with Crippen molar-refractivity contribution in [1.29, 1.82) is 0 Å². The first-order valence-electron chi connectivity index (χ1n) is 4.27. The van der Waals surface area contributed by atoms with E-state index >= 15 is 0 Å². The van der Waals surface area contributed by atoms with Gasteiger partial charge in [-0.15, -0.1) is 0 Å². The molecule has 0 aromatic rings. The van der Waals surface area contributed by atoms with Crippen molar-refractivity contribution in [2.45, 2.75) is 32.2 Å². The molecule has 0 heterocycles. The maximum Gasteiger partial charge on any atom is 0.326 e. The van der Waals surface area contributed by atoms with Crippen LogP contribution in [0.3, 0.4) is 0 Å². The number of amides is 2. The lowest BCUT2D eigenvalue weighted by molar-refractivity contribution is -0.142. The highest BCUT2D eigenvalue weighted by molar-refractivity contribution is 5.84. The molecule has 0 bridgehead atoms. The summed E-state index contributed by atoms with van der Waals surface area (Å²) in [6, 6.07) is -1.03. The number of aliphatic carboxylic acids is 1. The molecule has 14 heavy (non-hydrogen) atoms. The number of carbonyl (C=O) groups excluding carboxylic acids is 2. The summed E-state index contributed by atoms with van der Waals surface area (Å²) >= 11 is 0. The number of carbonyl (C=O) groups is 3. The molecule has 0 aromatic heterocycles. The first kappa shape index (κ1) is 12.4. The van der Waals surface area contributed by atoms with Crippen molar-refractivity contribution in [3.63, 3.8) is 0 Å². The normalized spacial score (nSPS) is 11.8. The Kier molecular flexibility index (Phi) is 5.28. The summed E-state index contributed by atoms with van der Waals surface area (Å²) in [6.07, 6.45) is 0.178. The molecule has 0 aromatic carbocycles. The molecule has 0 unspecified atom stereocenters. The summed E-state index contributed by atoms with van der Waals surface area (Å²) in [5.41, 5.74) is 4.86. The third-order valence-corrected chi connectivity index (χ3v) is 1.63. The van der Waals surface area contributed by atoms with Crippen molar-refractivity contribution in [1.82, 2.24) is 5.32 Å². The minimum absolute atomic E-state index is 0.0242. The number of hydrogen-bond acceptors (Lipinski definition) is 3. The largest absolute Gasteiger partial charge is 0.480 e. The lowest BCUT2D eigenvalue weighted by Crippen LogP contribution is -2.41. The topological polar surface area (TPSA) is 109 Å². The fourth-order valence-corrected chi connectivity index (χ4v) is 0.840. The van der Waals surface area contributed by atoms with E-state index in [4.69, 9.17) is 10.8 Å². The Bertz CT molecular complexity index is 239. The van der Waals surface area contributed by atoms with Crippen LogP contribution < -0.4 is 11.1 Å². The van der Waals surface area contributed by atoms with Gasteiger partial charge in [0.05, 0.1) is 0 Å². The molecule has 0 aliphatic rings. The van der Waals surface area contributed by atoms with Crippen molar-refractivity contribution in [2.24, 2.45) is 5.73 Å². The Hall–Kier alpha value is -1.59. The molecule has 0 rings (SSSR count). The van der Waals surface area contributed by atoms with Crippen molar-refractivity contribution in [3.8, 4) is 0 Å². The van der Waals surface area contributed by atoms with Crippen molar-refractivity contribution in [3.05, 3.63) is 0 Å². The van der Waals surface area contributed by atoms with Crippen LogP contribution in [0, 0.1) is 0 Å². The predicted octanol–water partition coefficient (Wildman–Crippen LogP) is -0.769. The standard InChI is InChI=1S/C8H14N2O4/c1-2-7(12)10-5(8(13)14)3-4-6(9)11/h5H,2-4H2,1H3,(H2,9,11)(H,10,12)(H,13,14)/t5-/m0/s1. The van der Waals surface area contributed by atoms with Crippen LogP contribution in [0.25, 0.3) is 0 Å². The summed E-state index contributed by atoms with van der Waals surface area (Å²) in [5, 5.41) is 10.9. The van der Waals surface area contributed by atoms with Gasteiger partial charge in [0.15, 0.2) is 0 Å². The van der Waals surface area contributed by atoms with Gasteiger partial charge in [0, 0.05) is 12.8 Å². The van der Waals surface area contributed by atoms with Gasteiger partial charge in [-0.05, 0) is 6.42 Å². The minimum atomic E-state index is -1.16. The number of nitrogens with two attached hydrogens (primary N) is 1. The number of carboxylic acid groups (broad SMARTS) is 1. The van der Waals surface area contributed by atoms with Crippen LogP contribution in [0.2, 0.25) is 0 Å². The van der Waals surface area contributed by atoms with E-state index < -0.39 is 17.9 Å². The molecule has 6 nitrogen and oxygen atoms in total. The van der Waals surface area contributed by atoms with E-state index in [1.807, 2.05) is 0 Å². The Labute approximate surface area is 81.5 Å². The lowest BCUT2D eigenvalue weighted by Gasteiger charge is -2.12. The zero-order valence-corrected chi connectivity index (χ0v) is 7.95. The molecular weight excluding hydrogens is 188 g/mol. The van der Waals surface area contributed by atoms with Crippen LogP contribution >= 0.6 is 0 Å². The molecule has 0 spiro atoms. The third kappa shape index (κ3) is 5.13. The molecule has 0 radical (unpaired) electrons. The third-order valence-electron chi connectivity index (χ3n) is 1.63. The Morgan fingerprint density at radius 3 is 2.36 bits per heavy atom. The molecule has 0 aliphatic heterocycles. The van der Waals surface area contributed by atoms with Gasteiger partial charge >= 0.3 is 5.97 Å². The van der Waals surface area contributed by atoms with Gasteiger partial charge in [-0.2, -0.15) is 0 Å². The quantitative estimate of drug-likeness (QED) is 0.525. The van der Waals surface area contributed by atoms with Crippen molar-refractivity contribution >= 4 is 17.8 Å². The summed E-state index contributed by atoms with van der Waals surface area (Å²) in [4.78, 5) is 31.9. The second kappa shape index (κ2) is 5.95. The van der Waals surface area contributed by atoms with E-state index in [0.29, 0.717) is 0 Å². The van der Waals surface area contributed by atoms with Crippen LogP contribution in [0.4, 0.5) is 0 Å². The second-order valence-corrected chi connectivity index (χ2v) is 2.82. The van der Waals surface area contributed by atoms with E-state index in [9.17, 15) is 14.4 Å². The summed E-state index contributed by atoms with van der Waals surface area (Å²) in [5.74, 6) is -2.10. The van der Waals surface area contributed by atoms with Crippen LogP contribution in [-0.2, 0) is 14.4 Å².